The summed E-state index contributed by atoms with van der Waals surface area (Å²) in [7, 11) is 0. The van der Waals surface area contributed by atoms with E-state index in [1.54, 1.807) is 0 Å². The quantitative estimate of drug-likeness (QED) is 0.285. The van der Waals surface area contributed by atoms with Crippen LogP contribution in [0.5, 0.6) is 0 Å². The molecule has 146 valence electrons. The van der Waals surface area contributed by atoms with E-state index < -0.39 is 0 Å². The summed E-state index contributed by atoms with van der Waals surface area (Å²) in [5.74, 6) is 0. The van der Waals surface area contributed by atoms with Crippen LogP contribution in [0.1, 0.15) is 11.1 Å². The van der Waals surface area contributed by atoms with Crippen LogP contribution in [0.25, 0.3) is 0 Å². The zero-order valence-electron chi connectivity index (χ0n) is 16.7. The highest BCUT2D eigenvalue weighted by atomic mass is 15.5. The van der Waals surface area contributed by atoms with Crippen LogP contribution in [0, 0.1) is 0 Å². The van der Waals surface area contributed by atoms with E-state index in [4.69, 9.17) is 5.10 Å². The fraction of sp³-hybridized carbons (Fsp3) is 0.0741. The van der Waals surface area contributed by atoms with Crippen LogP contribution < -0.4 is 9.91 Å². The number of benzene rings is 4. The van der Waals surface area contributed by atoms with Crippen LogP contribution in [0.4, 0.5) is 22.7 Å². The molecule has 0 saturated heterocycles. The lowest BCUT2D eigenvalue weighted by molar-refractivity contribution is 0.998. The van der Waals surface area contributed by atoms with Gasteiger partial charge in [-0.2, -0.15) is 5.10 Å². The molecule has 1 aliphatic rings. The van der Waals surface area contributed by atoms with Gasteiger partial charge in [0.2, 0.25) is 0 Å². The molecular formula is C27H23N3. The third-order valence-electron chi connectivity index (χ3n) is 5.42. The lowest BCUT2D eigenvalue weighted by Crippen LogP contribution is -2.13. The molecule has 0 unspecified atom stereocenters. The van der Waals surface area contributed by atoms with E-state index in [0.29, 0.717) is 0 Å². The lowest BCUT2D eigenvalue weighted by atomic mass is 10.1. The monoisotopic (exact) mass is 389 g/mol. The van der Waals surface area contributed by atoms with Crippen molar-refractivity contribution in [1.82, 2.24) is 0 Å². The van der Waals surface area contributed by atoms with E-state index in [-0.39, 0.29) is 0 Å². The first-order chi connectivity index (χ1) is 14.9. The molecule has 0 fully saturated rings. The standard InChI is InChI=1S/C27H23N3/c1-3-10-25(11-4-1)30(26-12-5-2-6-13-26)28-21-22-15-17-24(18-16-22)29-20-19-23-9-7-8-14-27(23)29/h1-18,21H,19-20H2. The molecule has 0 bridgehead atoms. The fourth-order valence-corrected chi connectivity index (χ4v) is 3.89. The van der Waals surface area contributed by atoms with E-state index in [1.807, 2.05) is 47.6 Å². The van der Waals surface area contributed by atoms with Gasteiger partial charge < -0.3 is 4.90 Å². The molecule has 30 heavy (non-hydrogen) atoms. The second kappa shape index (κ2) is 8.26. The molecule has 0 radical (unpaired) electrons. The minimum atomic E-state index is 1.03. The normalized spacial score (nSPS) is 12.9. The van der Waals surface area contributed by atoms with Gasteiger partial charge in [-0.1, -0.05) is 66.7 Å². The molecule has 0 atom stereocenters. The molecule has 0 aromatic heterocycles. The van der Waals surface area contributed by atoms with E-state index >= 15 is 0 Å². The van der Waals surface area contributed by atoms with Gasteiger partial charge >= 0.3 is 0 Å². The van der Waals surface area contributed by atoms with Crippen molar-refractivity contribution < 1.29 is 0 Å². The van der Waals surface area contributed by atoms with E-state index in [9.17, 15) is 0 Å². The summed E-state index contributed by atoms with van der Waals surface area (Å²) in [6, 6.07) is 37.7. The predicted molar refractivity (Wildman–Crippen MR) is 126 cm³/mol. The Morgan fingerprint density at radius 2 is 1.27 bits per heavy atom. The molecule has 0 amide bonds. The highest BCUT2D eigenvalue weighted by Crippen LogP contribution is 2.34. The Kier molecular flexibility index (Phi) is 5.01. The van der Waals surface area contributed by atoms with Gasteiger partial charge in [-0.15, -0.1) is 0 Å². The Bertz CT molecular complexity index is 1100. The lowest BCUT2D eigenvalue weighted by Gasteiger charge is -2.20. The SMILES string of the molecule is C(=NN(c1ccccc1)c1ccccc1)c1ccc(N2CCc3ccccc32)cc1. The highest BCUT2D eigenvalue weighted by Gasteiger charge is 2.19. The summed E-state index contributed by atoms with van der Waals surface area (Å²) in [6.45, 7) is 1.03. The van der Waals surface area contributed by atoms with Gasteiger partial charge in [-0.25, -0.2) is 5.01 Å². The van der Waals surface area contributed by atoms with Crippen LogP contribution in [0.15, 0.2) is 114 Å². The number of hydrogen-bond donors (Lipinski definition) is 0. The molecule has 0 spiro atoms. The molecule has 0 aliphatic carbocycles. The summed E-state index contributed by atoms with van der Waals surface area (Å²) in [5.41, 5.74) is 7.10. The minimum absolute atomic E-state index is 1.03. The smallest absolute Gasteiger partial charge is 0.0652 e. The van der Waals surface area contributed by atoms with Gasteiger partial charge in [-0.05, 0) is 60.0 Å². The number of para-hydroxylation sites is 3. The number of hydrogen-bond acceptors (Lipinski definition) is 3. The molecular weight excluding hydrogens is 366 g/mol. The first kappa shape index (κ1) is 18.2. The van der Waals surface area contributed by atoms with Gasteiger partial charge in [0.1, 0.15) is 0 Å². The molecule has 5 rings (SSSR count). The summed E-state index contributed by atoms with van der Waals surface area (Å²) in [5, 5.41) is 6.76. The molecule has 0 saturated carbocycles. The minimum Gasteiger partial charge on any atom is -0.341 e. The zero-order chi connectivity index (χ0) is 20.2. The van der Waals surface area contributed by atoms with Crippen LogP contribution in [0.3, 0.4) is 0 Å². The van der Waals surface area contributed by atoms with E-state index in [2.05, 4.69) is 77.7 Å². The number of hydrazone groups is 1. The van der Waals surface area contributed by atoms with Crippen LogP contribution in [0.2, 0.25) is 0 Å². The predicted octanol–water partition coefficient (Wildman–Crippen LogP) is 6.55. The topological polar surface area (TPSA) is 18.8 Å². The van der Waals surface area contributed by atoms with Gasteiger partial charge in [0, 0.05) is 17.9 Å². The number of nitrogens with zero attached hydrogens (tertiary/aromatic N) is 3. The summed E-state index contributed by atoms with van der Waals surface area (Å²) in [4.78, 5) is 2.39. The fourth-order valence-electron chi connectivity index (χ4n) is 3.89. The number of fused-ring (bicyclic) bond motifs is 1. The third-order valence-corrected chi connectivity index (χ3v) is 5.42. The highest BCUT2D eigenvalue weighted by molar-refractivity contribution is 5.83. The maximum atomic E-state index is 4.79. The second-order valence-corrected chi connectivity index (χ2v) is 7.35. The maximum absolute atomic E-state index is 4.79. The maximum Gasteiger partial charge on any atom is 0.0652 e. The van der Waals surface area contributed by atoms with Crippen molar-refractivity contribution in [2.45, 2.75) is 6.42 Å². The molecule has 4 aromatic rings. The molecule has 1 aliphatic heterocycles. The third kappa shape index (κ3) is 3.70. The molecule has 4 aromatic carbocycles. The van der Waals surface area contributed by atoms with Gasteiger partial charge in [0.15, 0.2) is 0 Å². The molecule has 3 nitrogen and oxygen atoms in total. The summed E-state index contributed by atoms with van der Waals surface area (Å²) >= 11 is 0. The van der Waals surface area contributed by atoms with E-state index in [0.717, 1.165) is 29.9 Å². The largest absolute Gasteiger partial charge is 0.341 e. The van der Waals surface area contributed by atoms with Gasteiger partial charge in [0.25, 0.3) is 0 Å². The van der Waals surface area contributed by atoms with Gasteiger partial charge in [-0.3, -0.25) is 0 Å². The Morgan fingerprint density at radius 3 is 1.93 bits per heavy atom. The average Bonchev–Trinajstić information content (AvgIpc) is 3.25. The number of rotatable bonds is 5. The van der Waals surface area contributed by atoms with Crippen molar-refractivity contribution >= 4 is 29.0 Å². The van der Waals surface area contributed by atoms with Crippen molar-refractivity contribution in [3.63, 3.8) is 0 Å². The van der Waals surface area contributed by atoms with Crippen LogP contribution in [-0.2, 0) is 6.42 Å². The molecule has 0 N–H and O–H groups in total. The Labute approximate surface area is 177 Å². The van der Waals surface area contributed by atoms with Crippen molar-refractivity contribution in [1.29, 1.82) is 0 Å². The summed E-state index contributed by atoms with van der Waals surface area (Å²) < 4.78 is 0. The van der Waals surface area contributed by atoms with E-state index in [1.165, 1.54) is 16.9 Å². The van der Waals surface area contributed by atoms with Crippen LogP contribution >= 0.6 is 0 Å². The first-order valence-electron chi connectivity index (χ1n) is 10.3. The van der Waals surface area contributed by atoms with Crippen molar-refractivity contribution in [3.8, 4) is 0 Å². The average molecular weight is 390 g/mol. The first-order valence-corrected chi connectivity index (χ1v) is 10.3. The Morgan fingerprint density at radius 1 is 0.667 bits per heavy atom. The zero-order valence-corrected chi connectivity index (χ0v) is 16.7. The number of anilines is 4. The Balaban J connectivity index is 1.39. The van der Waals surface area contributed by atoms with Crippen molar-refractivity contribution in [2.24, 2.45) is 5.10 Å². The molecule has 3 heteroatoms. The van der Waals surface area contributed by atoms with Crippen LogP contribution in [-0.4, -0.2) is 12.8 Å². The van der Waals surface area contributed by atoms with Crippen molar-refractivity contribution in [2.75, 3.05) is 16.5 Å². The Hall–Kier alpha value is -3.85. The summed E-state index contributed by atoms with van der Waals surface area (Å²) in [6.07, 6.45) is 3.02. The second-order valence-electron chi connectivity index (χ2n) is 7.35. The van der Waals surface area contributed by atoms with Crippen molar-refractivity contribution in [3.05, 3.63) is 120 Å². The van der Waals surface area contributed by atoms with Gasteiger partial charge in [0.05, 0.1) is 17.6 Å². The molecule has 1 heterocycles.